The van der Waals surface area contributed by atoms with Crippen molar-refractivity contribution in [3.63, 3.8) is 0 Å². The Morgan fingerprint density at radius 1 is 0.862 bits per heavy atom. The van der Waals surface area contributed by atoms with Gasteiger partial charge in [0.05, 0.1) is 21.3 Å². The van der Waals surface area contributed by atoms with Crippen molar-refractivity contribution in [2.75, 3.05) is 60.7 Å². The van der Waals surface area contributed by atoms with Gasteiger partial charge in [0.15, 0.2) is 11.5 Å². The number of rotatable bonds is 8. The molecule has 0 spiro atoms. The molecule has 1 aliphatic rings. The van der Waals surface area contributed by atoms with Gasteiger partial charge in [-0.1, -0.05) is 6.07 Å². The highest BCUT2D eigenvalue weighted by atomic mass is 16.5. The summed E-state index contributed by atoms with van der Waals surface area (Å²) in [6.07, 6.45) is 0. The lowest BCUT2D eigenvalue weighted by Gasteiger charge is -2.34. The minimum absolute atomic E-state index is 0.0123. The Morgan fingerprint density at radius 2 is 1.59 bits per heavy atom. The first-order valence-corrected chi connectivity index (χ1v) is 9.65. The van der Waals surface area contributed by atoms with Gasteiger partial charge in [0.2, 0.25) is 0 Å². The highest BCUT2D eigenvalue weighted by Gasteiger charge is 2.23. The SMILES string of the molecule is COc1cccc(OCCN2CCN(C(=O)c3ccc(OC)c(OC)c3)CC2)c1. The second-order valence-corrected chi connectivity index (χ2v) is 6.73. The van der Waals surface area contributed by atoms with Crippen molar-refractivity contribution < 1.29 is 23.7 Å². The number of carbonyl (C=O) groups is 1. The van der Waals surface area contributed by atoms with Gasteiger partial charge in [-0.2, -0.15) is 0 Å². The summed E-state index contributed by atoms with van der Waals surface area (Å²) in [6, 6.07) is 12.9. The summed E-state index contributed by atoms with van der Waals surface area (Å²) in [4.78, 5) is 17.0. The van der Waals surface area contributed by atoms with Crippen LogP contribution in [0.15, 0.2) is 42.5 Å². The van der Waals surface area contributed by atoms with E-state index in [1.165, 1.54) is 0 Å². The first kappa shape index (κ1) is 20.8. The van der Waals surface area contributed by atoms with E-state index in [9.17, 15) is 4.79 Å². The van der Waals surface area contributed by atoms with E-state index in [1.54, 1.807) is 39.5 Å². The van der Waals surface area contributed by atoms with E-state index < -0.39 is 0 Å². The number of ether oxygens (including phenoxy) is 4. The van der Waals surface area contributed by atoms with Crippen LogP contribution in [0.1, 0.15) is 10.4 Å². The zero-order valence-electron chi connectivity index (χ0n) is 17.2. The van der Waals surface area contributed by atoms with Crippen molar-refractivity contribution in [2.24, 2.45) is 0 Å². The fourth-order valence-corrected chi connectivity index (χ4v) is 3.31. The van der Waals surface area contributed by atoms with Crippen LogP contribution in [0.25, 0.3) is 0 Å². The van der Waals surface area contributed by atoms with Crippen LogP contribution in [0.4, 0.5) is 0 Å². The van der Waals surface area contributed by atoms with Crippen LogP contribution in [0, 0.1) is 0 Å². The molecule has 0 unspecified atom stereocenters. The molecule has 7 heteroatoms. The van der Waals surface area contributed by atoms with Gasteiger partial charge < -0.3 is 23.8 Å². The molecule has 1 saturated heterocycles. The number of amides is 1. The first-order valence-electron chi connectivity index (χ1n) is 9.65. The molecule has 0 saturated carbocycles. The molecular weight excluding hydrogens is 372 g/mol. The second kappa shape index (κ2) is 10.0. The molecule has 1 aliphatic heterocycles. The summed E-state index contributed by atoms with van der Waals surface area (Å²) in [7, 11) is 4.79. The molecule has 1 heterocycles. The standard InChI is InChI=1S/C22H28N2O5/c1-26-18-5-4-6-19(16-18)29-14-13-23-9-11-24(12-10-23)22(25)17-7-8-20(27-2)21(15-17)28-3/h4-8,15-16H,9-14H2,1-3H3. The van der Waals surface area contributed by atoms with E-state index in [-0.39, 0.29) is 5.91 Å². The second-order valence-electron chi connectivity index (χ2n) is 6.73. The van der Waals surface area contributed by atoms with Crippen LogP contribution < -0.4 is 18.9 Å². The average molecular weight is 400 g/mol. The van der Waals surface area contributed by atoms with E-state index >= 15 is 0 Å². The van der Waals surface area contributed by atoms with Gasteiger partial charge in [-0.25, -0.2) is 0 Å². The summed E-state index contributed by atoms with van der Waals surface area (Å²) in [5.74, 6) is 2.77. The highest BCUT2D eigenvalue weighted by molar-refractivity contribution is 5.95. The molecule has 0 radical (unpaired) electrons. The summed E-state index contributed by atoms with van der Waals surface area (Å²) >= 11 is 0. The average Bonchev–Trinajstić information content (AvgIpc) is 2.78. The number of carbonyl (C=O) groups excluding carboxylic acids is 1. The quantitative estimate of drug-likeness (QED) is 0.679. The van der Waals surface area contributed by atoms with Crippen molar-refractivity contribution in [1.82, 2.24) is 9.80 Å². The van der Waals surface area contributed by atoms with Gasteiger partial charge in [0.25, 0.3) is 5.91 Å². The molecule has 0 N–H and O–H groups in total. The molecule has 156 valence electrons. The van der Waals surface area contributed by atoms with Crippen molar-refractivity contribution >= 4 is 5.91 Å². The molecular formula is C22H28N2O5. The number of methoxy groups -OCH3 is 3. The third-order valence-corrected chi connectivity index (χ3v) is 5.01. The highest BCUT2D eigenvalue weighted by Crippen LogP contribution is 2.28. The number of benzene rings is 2. The van der Waals surface area contributed by atoms with Crippen LogP contribution in [-0.2, 0) is 0 Å². The van der Waals surface area contributed by atoms with E-state index in [1.807, 2.05) is 29.2 Å². The Morgan fingerprint density at radius 3 is 2.28 bits per heavy atom. The fourth-order valence-electron chi connectivity index (χ4n) is 3.31. The minimum Gasteiger partial charge on any atom is -0.497 e. The maximum absolute atomic E-state index is 12.8. The van der Waals surface area contributed by atoms with E-state index in [0.717, 1.165) is 31.1 Å². The van der Waals surface area contributed by atoms with Crippen LogP contribution in [0.3, 0.4) is 0 Å². The summed E-state index contributed by atoms with van der Waals surface area (Å²) in [5, 5.41) is 0. The van der Waals surface area contributed by atoms with Crippen LogP contribution in [-0.4, -0.2) is 76.4 Å². The maximum Gasteiger partial charge on any atom is 0.254 e. The first-order chi connectivity index (χ1) is 14.1. The molecule has 29 heavy (non-hydrogen) atoms. The van der Waals surface area contributed by atoms with Gasteiger partial charge >= 0.3 is 0 Å². The number of nitrogens with zero attached hydrogens (tertiary/aromatic N) is 2. The van der Waals surface area contributed by atoms with Crippen molar-refractivity contribution in [1.29, 1.82) is 0 Å². The smallest absolute Gasteiger partial charge is 0.254 e. The predicted molar refractivity (Wildman–Crippen MR) is 110 cm³/mol. The Kier molecular flexibility index (Phi) is 7.19. The summed E-state index contributed by atoms with van der Waals surface area (Å²) in [6.45, 7) is 4.42. The lowest BCUT2D eigenvalue weighted by Crippen LogP contribution is -2.49. The van der Waals surface area contributed by atoms with E-state index in [4.69, 9.17) is 18.9 Å². The van der Waals surface area contributed by atoms with Gasteiger partial charge in [-0.3, -0.25) is 9.69 Å². The lowest BCUT2D eigenvalue weighted by atomic mass is 10.1. The molecule has 7 nitrogen and oxygen atoms in total. The minimum atomic E-state index is 0.0123. The third kappa shape index (κ3) is 5.32. The van der Waals surface area contributed by atoms with Gasteiger partial charge in [0.1, 0.15) is 18.1 Å². The number of hydrogen-bond acceptors (Lipinski definition) is 6. The molecule has 3 rings (SSSR count). The Balaban J connectivity index is 1.46. The van der Waals surface area contributed by atoms with Crippen LogP contribution in [0.5, 0.6) is 23.0 Å². The zero-order chi connectivity index (χ0) is 20.6. The van der Waals surface area contributed by atoms with Gasteiger partial charge in [-0.05, 0) is 30.3 Å². The molecule has 0 atom stereocenters. The van der Waals surface area contributed by atoms with Gasteiger partial charge in [0, 0.05) is 44.4 Å². The fraction of sp³-hybridized carbons (Fsp3) is 0.409. The van der Waals surface area contributed by atoms with Crippen LogP contribution in [0.2, 0.25) is 0 Å². The predicted octanol–water partition coefficient (Wildman–Crippen LogP) is 2.55. The summed E-state index contributed by atoms with van der Waals surface area (Å²) < 4.78 is 21.6. The lowest BCUT2D eigenvalue weighted by molar-refractivity contribution is 0.0620. The van der Waals surface area contributed by atoms with E-state index in [2.05, 4.69) is 4.90 Å². The Hall–Kier alpha value is -2.93. The molecule has 2 aromatic carbocycles. The van der Waals surface area contributed by atoms with E-state index in [0.29, 0.717) is 36.8 Å². The van der Waals surface area contributed by atoms with Crippen molar-refractivity contribution in [3.8, 4) is 23.0 Å². The molecule has 0 aromatic heterocycles. The molecule has 0 aliphatic carbocycles. The van der Waals surface area contributed by atoms with Gasteiger partial charge in [-0.15, -0.1) is 0 Å². The molecule has 0 bridgehead atoms. The number of hydrogen-bond donors (Lipinski definition) is 0. The largest absolute Gasteiger partial charge is 0.497 e. The third-order valence-electron chi connectivity index (χ3n) is 5.01. The summed E-state index contributed by atoms with van der Waals surface area (Å²) in [5.41, 5.74) is 0.609. The van der Waals surface area contributed by atoms with Crippen molar-refractivity contribution in [2.45, 2.75) is 0 Å². The monoisotopic (exact) mass is 400 g/mol. The zero-order valence-corrected chi connectivity index (χ0v) is 17.2. The topological polar surface area (TPSA) is 60.5 Å². The van der Waals surface area contributed by atoms with Crippen LogP contribution >= 0.6 is 0 Å². The maximum atomic E-state index is 12.8. The Labute approximate surface area is 171 Å². The van der Waals surface area contributed by atoms with Crippen molar-refractivity contribution in [3.05, 3.63) is 48.0 Å². The molecule has 1 fully saturated rings. The molecule has 1 amide bonds. The normalized spacial score (nSPS) is 14.4. The Bertz CT molecular complexity index is 819. The molecule has 2 aromatic rings. The number of piperazine rings is 1.